The summed E-state index contributed by atoms with van der Waals surface area (Å²) >= 11 is 3.34. The average molecular weight is 452 g/mol. The van der Waals surface area contributed by atoms with Crippen LogP contribution in [-0.2, 0) is 6.54 Å². The van der Waals surface area contributed by atoms with Gasteiger partial charge in [-0.05, 0) is 60.2 Å². The molecule has 0 atom stereocenters. The second-order valence-electron chi connectivity index (χ2n) is 6.45. The van der Waals surface area contributed by atoms with Crippen molar-refractivity contribution in [2.24, 2.45) is 0 Å². The Balaban J connectivity index is 1.77. The third-order valence-corrected chi connectivity index (χ3v) is 4.98. The first kappa shape index (κ1) is 19.0. The van der Waals surface area contributed by atoms with E-state index in [1.807, 2.05) is 0 Å². The van der Waals surface area contributed by atoms with Gasteiger partial charge in [-0.25, -0.2) is 9.37 Å². The number of carbonyl (C=O) groups excluding carboxylic acids is 1. The van der Waals surface area contributed by atoms with E-state index in [4.69, 9.17) is 0 Å². The molecule has 0 aliphatic carbocycles. The average Bonchev–Trinajstić information content (AvgIpc) is 2.73. The maximum Gasteiger partial charge on any atom is 0.265 e. The van der Waals surface area contributed by atoms with Crippen molar-refractivity contribution in [2.75, 3.05) is 5.32 Å². The van der Waals surface area contributed by atoms with Crippen LogP contribution in [0.4, 0.5) is 10.1 Å². The molecule has 4 rings (SSSR count). The van der Waals surface area contributed by atoms with Crippen LogP contribution in [0.5, 0.6) is 0 Å². The number of benzene rings is 2. The van der Waals surface area contributed by atoms with Crippen LogP contribution in [0.2, 0.25) is 0 Å². The molecule has 144 valence electrons. The zero-order chi connectivity index (χ0) is 20.4. The van der Waals surface area contributed by atoms with Gasteiger partial charge in [-0.1, -0.05) is 28.1 Å². The highest BCUT2D eigenvalue weighted by Gasteiger charge is 2.17. The predicted octanol–water partition coefficient (Wildman–Crippen LogP) is 4.60. The Morgan fingerprint density at radius 2 is 1.79 bits per heavy atom. The van der Waals surface area contributed by atoms with Crippen molar-refractivity contribution < 1.29 is 9.18 Å². The molecule has 2 aromatic heterocycles. The highest BCUT2D eigenvalue weighted by atomic mass is 79.9. The molecule has 5 nitrogen and oxygen atoms in total. The van der Waals surface area contributed by atoms with E-state index >= 15 is 0 Å². The highest BCUT2D eigenvalue weighted by molar-refractivity contribution is 9.10. The van der Waals surface area contributed by atoms with Crippen molar-refractivity contribution in [1.29, 1.82) is 0 Å². The summed E-state index contributed by atoms with van der Waals surface area (Å²) in [7, 11) is 0. The van der Waals surface area contributed by atoms with Gasteiger partial charge in [0, 0.05) is 21.7 Å². The monoisotopic (exact) mass is 451 g/mol. The number of halogens is 2. The SMILES string of the molecule is O=C(Nc1ccc(Br)cc1)c1cc2cccnc2n(Cc2ccc(F)cc2)c1=O. The van der Waals surface area contributed by atoms with Gasteiger partial charge in [0.05, 0.1) is 6.54 Å². The molecule has 0 bridgehead atoms. The summed E-state index contributed by atoms with van der Waals surface area (Å²) in [4.78, 5) is 30.2. The molecular formula is C22H15BrFN3O2. The Labute approximate surface area is 174 Å². The number of anilines is 1. The Morgan fingerprint density at radius 1 is 1.07 bits per heavy atom. The van der Waals surface area contributed by atoms with Crippen molar-refractivity contribution in [1.82, 2.24) is 9.55 Å². The minimum Gasteiger partial charge on any atom is -0.322 e. The third kappa shape index (κ3) is 4.09. The molecule has 0 aliphatic rings. The summed E-state index contributed by atoms with van der Waals surface area (Å²) in [5.41, 5.74) is 1.31. The Morgan fingerprint density at radius 3 is 2.52 bits per heavy atom. The van der Waals surface area contributed by atoms with Crippen LogP contribution in [-0.4, -0.2) is 15.5 Å². The van der Waals surface area contributed by atoms with Crippen molar-refractivity contribution in [2.45, 2.75) is 6.54 Å². The topological polar surface area (TPSA) is 64.0 Å². The molecule has 1 N–H and O–H groups in total. The summed E-state index contributed by atoms with van der Waals surface area (Å²) in [6, 6.07) is 18.0. The molecule has 2 aromatic carbocycles. The molecule has 0 aliphatic heterocycles. The third-order valence-electron chi connectivity index (χ3n) is 4.45. The number of carbonyl (C=O) groups is 1. The molecule has 0 spiro atoms. The lowest BCUT2D eigenvalue weighted by molar-refractivity contribution is 0.102. The maximum absolute atomic E-state index is 13.2. The van der Waals surface area contributed by atoms with Crippen LogP contribution in [0.1, 0.15) is 15.9 Å². The largest absolute Gasteiger partial charge is 0.322 e. The van der Waals surface area contributed by atoms with Crippen LogP contribution >= 0.6 is 15.9 Å². The molecule has 0 unspecified atom stereocenters. The number of hydrogen-bond acceptors (Lipinski definition) is 3. The first-order valence-corrected chi connectivity index (χ1v) is 9.60. The summed E-state index contributed by atoms with van der Waals surface area (Å²) in [6.45, 7) is 0.173. The van der Waals surface area contributed by atoms with E-state index in [1.54, 1.807) is 60.8 Å². The summed E-state index contributed by atoms with van der Waals surface area (Å²) in [5.74, 6) is -0.859. The maximum atomic E-state index is 13.2. The first-order valence-electron chi connectivity index (χ1n) is 8.81. The number of nitrogens with one attached hydrogen (secondary N) is 1. The Kier molecular flexibility index (Phi) is 5.22. The molecule has 1 amide bonds. The van der Waals surface area contributed by atoms with E-state index < -0.39 is 11.5 Å². The molecule has 4 aromatic rings. The van der Waals surface area contributed by atoms with Gasteiger partial charge < -0.3 is 5.32 Å². The second-order valence-corrected chi connectivity index (χ2v) is 7.37. The molecular weight excluding hydrogens is 437 g/mol. The van der Waals surface area contributed by atoms with Crippen LogP contribution in [0, 0.1) is 5.82 Å². The lowest BCUT2D eigenvalue weighted by Crippen LogP contribution is -2.30. The lowest BCUT2D eigenvalue weighted by atomic mass is 10.1. The molecule has 29 heavy (non-hydrogen) atoms. The molecule has 0 saturated carbocycles. The number of hydrogen-bond donors (Lipinski definition) is 1. The van der Waals surface area contributed by atoms with Crippen molar-refractivity contribution in [3.63, 3.8) is 0 Å². The smallest absolute Gasteiger partial charge is 0.265 e. The normalized spacial score (nSPS) is 10.8. The summed E-state index contributed by atoms with van der Waals surface area (Å²) in [5, 5.41) is 3.41. The zero-order valence-corrected chi connectivity index (χ0v) is 16.7. The lowest BCUT2D eigenvalue weighted by Gasteiger charge is -2.12. The van der Waals surface area contributed by atoms with E-state index in [2.05, 4.69) is 26.2 Å². The number of amides is 1. The number of fused-ring (bicyclic) bond motifs is 1. The van der Waals surface area contributed by atoms with Gasteiger partial charge >= 0.3 is 0 Å². The minimum absolute atomic E-state index is 0.00975. The van der Waals surface area contributed by atoms with E-state index in [-0.39, 0.29) is 17.9 Å². The molecule has 0 fully saturated rings. The molecule has 0 radical (unpaired) electrons. The van der Waals surface area contributed by atoms with Crippen LogP contribution < -0.4 is 10.9 Å². The Bertz CT molecular complexity index is 1250. The number of nitrogens with zero attached hydrogens (tertiary/aromatic N) is 2. The van der Waals surface area contributed by atoms with Crippen LogP contribution in [0.15, 0.2) is 82.2 Å². The molecule has 7 heteroatoms. The second kappa shape index (κ2) is 7.97. The molecule has 0 saturated heterocycles. The van der Waals surface area contributed by atoms with Crippen molar-refractivity contribution in [3.05, 3.63) is 105 Å². The fraction of sp³-hybridized carbons (Fsp3) is 0.0455. The van der Waals surface area contributed by atoms with Gasteiger partial charge in [0.25, 0.3) is 11.5 Å². The van der Waals surface area contributed by atoms with E-state index in [1.165, 1.54) is 16.7 Å². The molecule has 2 heterocycles. The van der Waals surface area contributed by atoms with E-state index in [0.717, 1.165) is 10.0 Å². The van der Waals surface area contributed by atoms with Gasteiger partial charge in [-0.15, -0.1) is 0 Å². The van der Waals surface area contributed by atoms with Gasteiger partial charge in [0.2, 0.25) is 0 Å². The van der Waals surface area contributed by atoms with E-state index in [0.29, 0.717) is 16.7 Å². The van der Waals surface area contributed by atoms with Gasteiger partial charge in [-0.3, -0.25) is 14.2 Å². The first-order chi connectivity index (χ1) is 14.0. The fourth-order valence-corrected chi connectivity index (χ4v) is 3.28. The minimum atomic E-state index is -0.504. The predicted molar refractivity (Wildman–Crippen MR) is 114 cm³/mol. The highest BCUT2D eigenvalue weighted by Crippen LogP contribution is 2.17. The van der Waals surface area contributed by atoms with E-state index in [9.17, 15) is 14.0 Å². The number of aromatic nitrogens is 2. The van der Waals surface area contributed by atoms with Crippen molar-refractivity contribution >= 4 is 38.6 Å². The van der Waals surface area contributed by atoms with Crippen molar-refractivity contribution in [3.8, 4) is 0 Å². The Hall–Kier alpha value is -3.32. The van der Waals surface area contributed by atoms with Gasteiger partial charge in [0.1, 0.15) is 17.0 Å². The standard InChI is InChI=1S/C22H15BrFN3O2/c23-16-5-9-18(10-6-16)26-21(28)19-12-15-2-1-11-25-20(15)27(22(19)29)13-14-3-7-17(24)8-4-14/h1-12H,13H2,(H,26,28). The number of pyridine rings is 2. The van der Waals surface area contributed by atoms with Gasteiger partial charge in [-0.2, -0.15) is 0 Å². The quantitative estimate of drug-likeness (QED) is 0.493. The fourth-order valence-electron chi connectivity index (χ4n) is 3.02. The van der Waals surface area contributed by atoms with Gasteiger partial charge in [0.15, 0.2) is 0 Å². The van der Waals surface area contributed by atoms with Crippen LogP contribution in [0.25, 0.3) is 11.0 Å². The van der Waals surface area contributed by atoms with Crippen LogP contribution in [0.3, 0.4) is 0 Å². The summed E-state index contributed by atoms with van der Waals surface area (Å²) in [6.07, 6.45) is 1.59. The summed E-state index contributed by atoms with van der Waals surface area (Å²) < 4.78 is 15.5. The zero-order valence-electron chi connectivity index (χ0n) is 15.1. The number of rotatable bonds is 4.